The predicted octanol–water partition coefficient (Wildman–Crippen LogP) is 2.26. The van der Waals surface area contributed by atoms with Crippen molar-refractivity contribution in [1.29, 1.82) is 0 Å². The highest BCUT2D eigenvalue weighted by Gasteiger charge is 2.12. The molecule has 0 saturated heterocycles. The maximum absolute atomic E-state index is 12.1. The van der Waals surface area contributed by atoms with Crippen LogP contribution in [-0.4, -0.2) is 28.8 Å². The van der Waals surface area contributed by atoms with E-state index in [0.717, 1.165) is 0 Å². The zero-order valence-electron chi connectivity index (χ0n) is 14.3. The predicted molar refractivity (Wildman–Crippen MR) is 95.9 cm³/mol. The Morgan fingerprint density at radius 1 is 1.19 bits per heavy atom. The maximum Gasteiger partial charge on any atom is 0.267 e. The normalized spacial score (nSPS) is 11.7. The van der Waals surface area contributed by atoms with Gasteiger partial charge in [0.25, 0.3) is 11.5 Å². The van der Waals surface area contributed by atoms with Gasteiger partial charge in [-0.25, -0.2) is 4.68 Å². The third kappa shape index (κ3) is 4.38. The van der Waals surface area contributed by atoms with E-state index in [9.17, 15) is 9.59 Å². The molecule has 26 heavy (non-hydrogen) atoms. The monoisotopic (exact) mass is 353 g/mol. The Balaban J connectivity index is 1.57. The standard InChI is InChI=1S/C19H19N3O4/c1-14(12-20-18(23)13-26-15-6-3-2-4-7-15)22-19(24)10-9-16(21-22)17-8-5-11-25-17/h2-11,14H,12-13H2,1H3,(H,20,23). The van der Waals surface area contributed by atoms with E-state index in [1.54, 1.807) is 43.5 Å². The SMILES string of the molecule is CC(CNC(=O)COc1ccccc1)n1nc(-c2ccco2)ccc1=O. The molecule has 1 amide bonds. The fraction of sp³-hybridized carbons (Fsp3) is 0.211. The Hall–Kier alpha value is -3.35. The summed E-state index contributed by atoms with van der Waals surface area (Å²) in [5.41, 5.74) is 0.308. The number of hydrogen-bond donors (Lipinski definition) is 1. The van der Waals surface area contributed by atoms with Gasteiger partial charge in [-0.05, 0) is 37.3 Å². The summed E-state index contributed by atoms with van der Waals surface area (Å²) in [7, 11) is 0. The van der Waals surface area contributed by atoms with Crippen molar-refractivity contribution in [2.75, 3.05) is 13.2 Å². The lowest BCUT2D eigenvalue weighted by atomic mass is 10.3. The highest BCUT2D eigenvalue weighted by molar-refractivity contribution is 5.77. The molecule has 0 saturated carbocycles. The summed E-state index contributed by atoms with van der Waals surface area (Å²) < 4.78 is 12.0. The van der Waals surface area contributed by atoms with E-state index in [-0.39, 0.29) is 30.7 Å². The Morgan fingerprint density at radius 3 is 2.73 bits per heavy atom. The quantitative estimate of drug-likeness (QED) is 0.704. The van der Waals surface area contributed by atoms with Gasteiger partial charge in [0.15, 0.2) is 12.4 Å². The van der Waals surface area contributed by atoms with Crippen LogP contribution in [-0.2, 0) is 4.79 Å². The number of aromatic nitrogens is 2. The van der Waals surface area contributed by atoms with Crippen LogP contribution in [0.4, 0.5) is 0 Å². The lowest BCUT2D eigenvalue weighted by Crippen LogP contribution is -2.36. The molecule has 3 rings (SSSR count). The summed E-state index contributed by atoms with van der Waals surface area (Å²) in [6, 6.07) is 15.3. The molecule has 0 radical (unpaired) electrons. The van der Waals surface area contributed by atoms with Crippen molar-refractivity contribution in [2.24, 2.45) is 0 Å². The fourth-order valence-electron chi connectivity index (χ4n) is 2.36. The van der Waals surface area contributed by atoms with E-state index < -0.39 is 0 Å². The average Bonchev–Trinajstić information content (AvgIpc) is 3.20. The number of amides is 1. The minimum atomic E-state index is -0.321. The van der Waals surface area contributed by atoms with Crippen molar-refractivity contribution in [3.8, 4) is 17.2 Å². The van der Waals surface area contributed by atoms with E-state index in [1.165, 1.54) is 10.7 Å². The molecule has 2 heterocycles. The van der Waals surface area contributed by atoms with Gasteiger partial charge in [0.1, 0.15) is 11.4 Å². The first-order chi connectivity index (χ1) is 12.6. The molecule has 0 fully saturated rings. The molecule has 7 nitrogen and oxygen atoms in total. The fourth-order valence-corrected chi connectivity index (χ4v) is 2.36. The summed E-state index contributed by atoms with van der Waals surface area (Å²) in [5.74, 6) is 0.932. The lowest BCUT2D eigenvalue weighted by Gasteiger charge is -2.15. The van der Waals surface area contributed by atoms with E-state index in [4.69, 9.17) is 9.15 Å². The summed E-state index contributed by atoms with van der Waals surface area (Å²) >= 11 is 0. The third-order valence-electron chi connectivity index (χ3n) is 3.72. The first-order valence-corrected chi connectivity index (χ1v) is 8.22. The zero-order chi connectivity index (χ0) is 18.4. The highest BCUT2D eigenvalue weighted by Crippen LogP contribution is 2.16. The van der Waals surface area contributed by atoms with Crippen molar-refractivity contribution >= 4 is 5.91 Å². The van der Waals surface area contributed by atoms with Gasteiger partial charge < -0.3 is 14.5 Å². The number of ether oxygens (including phenoxy) is 1. The molecular weight excluding hydrogens is 334 g/mol. The van der Waals surface area contributed by atoms with Crippen LogP contribution in [0.5, 0.6) is 5.75 Å². The van der Waals surface area contributed by atoms with Crippen molar-refractivity contribution in [2.45, 2.75) is 13.0 Å². The highest BCUT2D eigenvalue weighted by atomic mass is 16.5. The Morgan fingerprint density at radius 2 is 2.00 bits per heavy atom. The van der Waals surface area contributed by atoms with Crippen molar-refractivity contribution in [3.05, 3.63) is 71.2 Å². The van der Waals surface area contributed by atoms with Crippen LogP contribution >= 0.6 is 0 Å². The molecule has 134 valence electrons. The van der Waals surface area contributed by atoms with Gasteiger partial charge in [-0.15, -0.1) is 0 Å². The topological polar surface area (TPSA) is 86.4 Å². The minimum Gasteiger partial charge on any atom is -0.484 e. The molecule has 0 bridgehead atoms. The summed E-state index contributed by atoms with van der Waals surface area (Å²) in [5, 5.41) is 7.06. The molecular formula is C19H19N3O4. The van der Waals surface area contributed by atoms with Crippen LogP contribution in [0.15, 0.2) is 70.1 Å². The van der Waals surface area contributed by atoms with Gasteiger partial charge in [-0.1, -0.05) is 18.2 Å². The van der Waals surface area contributed by atoms with Crippen LogP contribution in [0.2, 0.25) is 0 Å². The van der Waals surface area contributed by atoms with Crippen molar-refractivity contribution < 1.29 is 13.9 Å². The molecule has 0 spiro atoms. The van der Waals surface area contributed by atoms with E-state index in [1.807, 2.05) is 18.2 Å². The van der Waals surface area contributed by atoms with Gasteiger partial charge in [-0.3, -0.25) is 9.59 Å². The largest absolute Gasteiger partial charge is 0.484 e. The zero-order valence-corrected chi connectivity index (χ0v) is 14.3. The number of para-hydroxylation sites is 1. The van der Waals surface area contributed by atoms with Crippen LogP contribution in [0.1, 0.15) is 13.0 Å². The number of furan rings is 1. The van der Waals surface area contributed by atoms with Crippen molar-refractivity contribution in [1.82, 2.24) is 15.1 Å². The van der Waals surface area contributed by atoms with E-state index >= 15 is 0 Å². The average molecular weight is 353 g/mol. The summed E-state index contributed by atoms with van der Waals surface area (Å²) in [4.78, 5) is 24.0. The molecule has 1 aromatic carbocycles. The summed E-state index contributed by atoms with van der Waals surface area (Å²) in [6.07, 6.45) is 1.54. The number of carbonyl (C=O) groups excluding carboxylic acids is 1. The van der Waals surface area contributed by atoms with Crippen LogP contribution in [0, 0.1) is 0 Å². The lowest BCUT2D eigenvalue weighted by molar-refractivity contribution is -0.123. The van der Waals surface area contributed by atoms with Gasteiger partial charge >= 0.3 is 0 Å². The van der Waals surface area contributed by atoms with E-state index in [2.05, 4.69) is 10.4 Å². The van der Waals surface area contributed by atoms with Gasteiger partial charge in [0, 0.05) is 12.6 Å². The molecule has 7 heteroatoms. The van der Waals surface area contributed by atoms with Crippen LogP contribution in [0.3, 0.4) is 0 Å². The molecule has 0 aliphatic heterocycles. The number of benzene rings is 1. The Labute approximate surface area is 150 Å². The molecule has 1 atom stereocenters. The first-order valence-electron chi connectivity index (χ1n) is 8.22. The third-order valence-corrected chi connectivity index (χ3v) is 3.72. The molecule has 2 aromatic heterocycles. The number of nitrogens with one attached hydrogen (secondary N) is 1. The van der Waals surface area contributed by atoms with Crippen LogP contribution < -0.4 is 15.6 Å². The van der Waals surface area contributed by atoms with Crippen LogP contribution in [0.25, 0.3) is 11.5 Å². The van der Waals surface area contributed by atoms with Gasteiger partial charge in [-0.2, -0.15) is 5.10 Å². The smallest absolute Gasteiger partial charge is 0.267 e. The maximum atomic E-state index is 12.1. The second kappa shape index (κ2) is 8.15. The number of hydrogen-bond acceptors (Lipinski definition) is 5. The molecule has 1 N–H and O–H groups in total. The number of carbonyl (C=O) groups is 1. The molecule has 0 aliphatic carbocycles. The first kappa shape index (κ1) is 17.5. The Bertz CT molecular complexity index is 904. The summed E-state index contributed by atoms with van der Waals surface area (Å²) in [6.45, 7) is 1.97. The second-order valence-electron chi connectivity index (χ2n) is 5.73. The number of rotatable bonds is 7. The minimum absolute atomic E-state index is 0.0918. The second-order valence-corrected chi connectivity index (χ2v) is 5.73. The molecule has 0 aliphatic rings. The molecule has 3 aromatic rings. The van der Waals surface area contributed by atoms with Crippen molar-refractivity contribution in [3.63, 3.8) is 0 Å². The Kier molecular flexibility index (Phi) is 5.48. The number of nitrogens with zero attached hydrogens (tertiary/aromatic N) is 2. The van der Waals surface area contributed by atoms with Gasteiger partial charge in [0.2, 0.25) is 0 Å². The van der Waals surface area contributed by atoms with E-state index in [0.29, 0.717) is 17.2 Å². The van der Waals surface area contributed by atoms with Gasteiger partial charge in [0.05, 0.1) is 12.3 Å². The molecule has 1 unspecified atom stereocenters.